The highest BCUT2D eigenvalue weighted by molar-refractivity contribution is 5.84. The van der Waals surface area contributed by atoms with Crippen LogP contribution in [-0.2, 0) is 25.7 Å². The molecule has 0 saturated heterocycles. The molecule has 152 valence electrons. The van der Waals surface area contributed by atoms with E-state index in [-0.39, 0.29) is 18.5 Å². The van der Waals surface area contributed by atoms with Crippen LogP contribution in [0, 0.1) is 5.92 Å². The molecule has 0 aliphatic carbocycles. The van der Waals surface area contributed by atoms with Crippen LogP contribution in [0.1, 0.15) is 32.8 Å². The minimum atomic E-state index is -3.07. The van der Waals surface area contributed by atoms with Crippen LogP contribution >= 0.6 is 0 Å². The minimum absolute atomic E-state index is 0.129. The summed E-state index contributed by atoms with van der Waals surface area (Å²) >= 11 is 0. The summed E-state index contributed by atoms with van der Waals surface area (Å²) in [6, 6.07) is 10.8. The molecule has 2 rings (SSSR count). The van der Waals surface area contributed by atoms with Gasteiger partial charge in [0.15, 0.2) is 13.2 Å². The maximum absolute atomic E-state index is 12.7. The molecule has 0 aliphatic heterocycles. The molecule has 2 aromatic rings. The average Bonchev–Trinajstić information content (AvgIpc) is 2.67. The monoisotopic (exact) mass is 394 g/mol. The first-order valence-corrected chi connectivity index (χ1v) is 9.03. The predicted molar refractivity (Wildman–Crippen MR) is 100 cm³/mol. The number of halogens is 2. The third kappa shape index (κ3) is 6.79. The SMILES string of the molecule is CCC(C)C(=O)OCc1ccc2cc(OCC(=O)OCC(C)(F)F)ccc2c1. The molecular formula is C21H24F2O5. The summed E-state index contributed by atoms with van der Waals surface area (Å²) in [5.41, 5.74) is 0.863. The topological polar surface area (TPSA) is 61.8 Å². The van der Waals surface area contributed by atoms with Gasteiger partial charge in [-0.25, -0.2) is 13.6 Å². The molecule has 0 aromatic heterocycles. The van der Waals surface area contributed by atoms with Gasteiger partial charge in [-0.2, -0.15) is 0 Å². The Morgan fingerprint density at radius 2 is 1.75 bits per heavy atom. The van der Waals surface area contributed by atoms with Crippen LogP contribution in [-0.4, -0.2) is 31.1 Å². The third-order valence-electron chi connectivity index (χ3n) is 4.12. The fourth-order valence-corrected chi connectivity index (χ4v) is 2.31. The number of carbonyl (C=O) groups is 2. The van der Waals surface area contributed by atoms with E-state index in [1.807, 2.05) is 32.0 Å². The van der Waals surface area contributed by atoms with E-state index in [1.165, 1.54) is 0 Å². The summed E-state index contributed by atoms with van der Waals surface area (Å²) in [4.78, 5) is 23.2. The summed E-state index contributed by atoms with van der Waals surface area (Å²) < 4.78 is 40.4. The van der Waals surface area contributed by atoms with Gasteiger partial charge in [0.1, 0.15) is 12.4 Å². The Labute approximate surface area is 162 Å². The number of esters is 2. The molecule has 0 radical (unpaired) electrons. The number of hydrogen-bond acceptors (Lipinski definition) is 5. The molecule has 0 amide bonds. The van der Waals surface area contributed by atoms with Crippen LogP contribution < -0.4 is 4.74 Å². The van der Waals surface area contributed by atoms with Crippen molar-refractivity contribution >= 4 is 22.7 Å². The molecule has 0 aliphatic rings. The number of ether oxygens (including phenoxy) is 3. The Morgan fingerprint density at radius 3 is 2.43 bits per heavy atom. The third-order valence-corrected chi connectivity index (χ3v) is 4.12. The Morgan fingerprint density at radius 1 is 1.07 bits per heavy atom. The highest BCUT2D eigenvalue weighted by atomic mass is 19.3. The highest BCUT2D eigenvalue weighted by Crippen LogP contribution is 2.23. The smallest absolute Gasteiger partial charge is 0.344 e. The minimum Gasteiger partial charge on any atom is -0.482 e. The van der Waals surface area contributed by atoms with Crippen molar-refractivity contribution < 1.29 is 32.6 Å². The number of hydrogen-bond donors (Lipinski definition) is 0. The van der Waals surface area contributed by atoms with E-state index in [4.69, 9.17) is 9.47 Å². The lowest BCUT2D eigenvalue weighted by molar-refractivity contribution is -0.155. The van der Waals surface area contributed by atoms with Crippen molar-refractivity contribution in [2.24, 2.45) is 5.92 Å². The van der Waals surface area contributed by atoms with Gasteiger partial charge < -0.3 is 14.2 Å². The Hall–Kier alpha value is -2.70. The van der Waals surface area contributed by atoms with E-state index >= 15 is 0 Å². The second kappa shape index (κ2) is 9.48. The van der Waals surface area contributed by atoms with Crippen molar-refractivity contribution in [1.82, 2.24) is 0 Å². The maximum Gasteiger partial charge on any atom is 0.344 e. The lowest BCUT2D eigenvalue weighted by atomic mass is 10.1. The molecule has 0 N–H and O–H groups in total. The van der Waals surface area contributed by atoms with Crippen molar-refractivity contribution in [2.75, 3.05) is 13.2 Å². The highest BCUT2D eigenvalue weighted by Gasteiger charge is 2.23. The number of alkyl halides is 2. The van der Waals surface area contributed by atoms with Crippen molar-refractivity contribution in [3.8, 4) is 5.75 Å². The van der Waals surface area contributed by atoms with Crippen molar-refractivity contribution in [3.63, 3.8) is 0 Å². The van der Waals surface area contributed by atoms with Crippen LogP contribution in [0.2, 0.25) is 0 Å². The normalized spacial score (nSPS) is 12.5. The molecule has 5 nitrogen and oxygen atoms in total. The second-order valence-corrected chi connectivity index (χ2v) is 6.78. The van der Waals surface area contributed by atoms with E-state index < -0.39 is 25.1 Å². The van der Waals surface area contributed by atoms with E-state index in [0.29, 0.717) is 12.7 Å². The largest absolute Gasteiger partial charge is 0.482 e. The van der Waals surface area contributed by atoms with E-state index in [0.717, 1.165) is 22.8 Å². The van der Waals surface area contributed by atoms with Crippen molar-refractivity contribution in [3.05, 3.63) is 42.0 Å². The molecule has 0 heterocycles. The van der Waals surface area contributed by atoms with Crippen molar-refractivity contribution in [1.29, 1.82) is 0 Å². The summed E-state index contributed by atoms with van der Waals surface area (Å²) in [7, 11) is 0. The summed E-state index contributed by atoms with van der Waals surface area (Å²) in [5, 5.41) is 1.78. The molecular weight excluding hydrogens is 370 g/mol. The predicted octanol–water partition coefficient (Wildman–Crippen LogP) is 4.51. The van der Waals surface area contributed by atoms with Crippen LogP contribution in [0.4, 0.5) is 8.78 Å². The van der Waals surface area contributed by atoms with Gasteiger partial charge in [-0.05, 0) is 41.0 Å². The van der Waals surface area contributed by atoms with Crippen LogP contribution in [0.5, 0.6) is 5.75 Å². The average molecular weight is 394 g/mol. The first-order valence-electron chi connectivity index (χ1n) is 9.03. The zero-order valence-electron chi connectivity index (χ0n) is 16.2. The molecule has 1 unspecified atom stereocenters. The van der Waals surface area contributed by atoms with Gasteiger partial charge in [-0.15, -0.1) is 0 Å². The summed E-state index contributed by atoms with van der Waals surface area (Å²) in [5.74, 6) is -3.86. The summed E-state index contributed by atoms with van der Waals surface area (Å²) in [6.07, 6.45) is 0.730. The molecule has 1 atom stereocenters. The van der Waals surface area contributed by atoms with Gasteiger partial charge in [0.05, 0.1) is 5.92 Å². The molecule has 0 bridgehead atoms. The number of benzene rings is 2. The van der Waals surface area contributed by atoms with Crippen LogP contribution in [0.3, 0.4) is 0 Å². The van der Waals surface area contributed by atoms with E-state index in [2.05, 4.69) is 4.74 Å². The summed E-state index contributed by atoms with van der Waals surface area (Å²) in [6.45, 7) is 3.20. The van der Waals surface area contributed by atoms with Crippen LogP contribution in [0.15, 0.2) is 36.4 Å². The molecule has 0 fully saturated rings. The number of fused-ring (bicyclic) bond motifs is 1. The zero-order chi connectivity index (χ0) is 20.7. The Kier molecular flexibility index (Phi) is 7.31. The van der Waals surface area contributed by atoms with Gasteiger partial charge in [0.2, 0.25) is 0 Å². The second-order valence-electron chi connectivity index (χ2n) is 6.78. The van der Waals surface area contributed by atoms with Crippen molar-refractivity contribution in [2.45, 2.75) is 39.7 Å². The van der Waals surface area contributed by atoms with E-state index in [9.17, 15) is 18.4 Å². The van der Waals surface area contributed by atoms with Crippen LogP contribution in [0.25, 0.3) is 10.8 Å². The molecule has 28 heavy (non-hydrogen) atoms. The van der Waals surface area contributed by atoms with Gasteiger partial charge in [-0.3, -0.25) is 4.79 Å². The van der Waals surface area contributed by atoms with Gasteiger partial charge in [0, 0.05) is 6.92 Å². The quantitative estimate of drug-likeness (QED) is 0.586. The molecule has 2 aromatic carbocycles. The van der Waals surface area contributed by atoms with Gasteiger partial charge in [-0.1, -0.05) is 32.0 Å². The Bertz CT molecular complexity index is 829. The zero-order valence-corrected chi connectivity index (χ0v) is 16.2. The first-order chi connectivity index (χ1) is 13.2. The fourth-order valence-electron chi connectivity index (χ4n) is 2.31. The Balaban J connectivity index is 1.93. The lowest BCUT2D eigenvalue weighted by Gasteiger charge is -2.12. The van der Waals surface area contributed by atoms with Gasteiger partial charge in [0.25, 0.3) is 5.92 Å². The fraction of sp³-hybridized carbons (Fsp3) is 0.429. The molecule has 7 heteroatoms. The maximum atomic E-state index is 12.7. The number of rotatable bonds is 9. The van der Waals surface area contributed by atoms with E-state index in [1.54, 1.807) is 18.2 Å². The van der Waals surface area contributed by atoms with Gasteiger partial charge >= 0.3 is 11.9 Å². The number of carbonyl (C=O) groups excluding carboxylic acids is 2. The molecule has 0 saturated carbocycles. The molecule has 0 spiro atoms. The standard InChI is InChI=1S/C21H24F2O5/c1-4-14(2)20(25)27-11-15-5-6-17-10-18(8-7-16(17)9-15)26-12-19(24)28-13-21(3,22)23/h5-10,14H,4,11-13H2,1-3H3. The first kappa shape index (κ1) is 21.6. The lowest BCUT2D eigenvalue weighted by Crippen LogP contribution is -2.24.